The number of nitriles is 1. The van der Waals surface area contributed by atoms with Crippen molar-refractivity contribution < 1.29 is 4.79 Å². The van der Waals surface area contributed by atoms with Crippen LogP contribution in [0.4, 0.5) is 0 Å². The summed E-state index contributed by atoms with van der Waals surface area (Å²) >= 11 is 0. The van der Waals surface area contributed by atoms with Gasteiger partial charge in [-0.2, -0.15) is 5.26 Å². The van der Waals surface area contributed by atoms with Gasteiger partial charge in [0.25, 0.3) is 0 Å². The largest absolute Gasteiger partial charge is 0.354 e. The average molecular weight is 182 g/mol. The Morgan fingerprint density at radius 1 is 1.62 bits per heavy atom. The second kappa shape index (κ2) is 4.86. The van der Waals surface area contributed by atoms with Crippen molar-refractivity contribution in [3.63, 3.8) is 0 Å². The fourth-order valence-electron chi connectivity index (χ4n) is 0.782. The quantitative estimate of drug-likeness (QED) is 0.719. The second-order valence-electron chi connectivity index (χ2n) is 3.90. The van der Waals surface area contributed by atoms with Crippen LogP contribution < -0.4 is 5.32 Å². The number of amides is 1. The van der Waals surface area contributed by atoms with Crippen LogP contribution in [0, 0.1) is 22.7 Å². The highest BCUT2D eigenvalue weighted by Crippen LogP contribution is 2.19. The molecule has 0 aliphatic heterocycles. The van der Waals surface area contributed by atoms with Gasteiger partial charge in [0.05, 0.1) is 6.07 Å². The highest BCUT2D eigenvalue weighted by atomic mass is 16.2. The molecule has 1 unspecified atom stereocenters. The zero-order chi connectivity index (χ0) is 10.5. The molecule has 0 aromatic rings. The van der Waals surface area contributed by atoms with E-state index in [1.807, 2.05) is 26.8 Å². The summed E-state index contributed by atoms with van der Waals surface area (Å²) < 4.78 is 0. The van der Waals surface area contributed by atoms with Crippen LogP contribution in [0.25, 0.3) is 0 Å². The second-order valence-corrected chi connectivity index (χ2v) is 3.90. The Hall–Kier alpha value is -1.04. The monoisotopic (exact) mass is 182 g/mol. The fraction of sp³-hybridized carbons (Fsp3) is 0.800. The van der Waals surface area contributed by atoms with E-state index >= 15 is 0 Å². The van der Waals surface area contributed by atoms with E-state index in [9.17, 15) is 4.79 Å². The lowest BCUT2D eigenvalue weighted by Gasteiger charge is -2.19. The third kappa shape index (κ3) is 3.45. The van der Waals surface area contributed by atoms with E-state index < -0.39 is 5.41 Å². The molecule has 0 bridgehead atoms. The lowest BCUT2D eigenvalue weighted by atomic mass is 9.88. The summed E-state index contributed by atoms with van der Waals surface area (Å²) in [6.45, 7) is 8.20. The number of carbonyl (C=O) groups is 1. The molecule has 0 saturated heterocycles. The molecular formula is C10H18N2O. The maximum Gasteiger partial charge on any atom is 0.240 e. The van der Waals surface area contributed by atoms with Crippen molar-refractivity contribution in [3.8, 4) is 6.07 Å². The minimum atomic E-state index is -0.866. The molecule has 1 amide bonds. The molecule has 1 atom stereocenters. The van der Waals surface area contributed by atoms with Crippen molar-refractivity contribution in [2.75, 3.05) is 6.54 Å². The normalized spacial score (nSPS) is 14.8. The topological polar surface area (TPSA) is 52.9 Å². The lowest BCUT2D eigenvalue weighted by Crippen LogP contribution is -2.39. The number of carbonyl (C=O) groups excluding carboxylic acids is 1. The summed E-state index contributed by atoms with van der Waals surface area (Å²) in [5, 5.41) is 11.6. The van der Waals surface area contributed by atoms with Gasteiger partial charge in [-0.25, -0.2) is 0 Å². The number of rotatable bonds is 4. The van der Waals surface area contributed by atoms with E-state index in [0.29, 0.717) is 18.9 Å². The molecular weight excluding hydrogens is 164 g/mol. The van der Waals surface area contributed by atoms with Crippen molar-refractivity contribution in [2.24, 2.45) is 11.3 Å². The number of hydrogen-bond acceptors (Lipinski definition) is 2. The van der Waals surface area contributed by atoms with Gasteiger partial charge in [0.2, 0.25) is 5.91 Å². The third-order valence-electron chi connectivity index (χ3n) is 2.13. The molecule has 0 heterocycles. The van der Waals surface area contributed by atoms with E-state index in [4.69, 9.17) is 5.26 Å². The van der Waals surface area contributed by atoms with Gasteiger partial charge in [0.1, 0.15) is 5.41 Å². The van der Waals surface area contributed by atoms with Crippen LogP contribution in [-0.2, 0) is 4.79 Å². The Labute approximate surface area is 80.1 Å². The molecule has 0 aliphatic carbocycles. The van der Waals surface area contributed by atoms with Gasteiger partial charge in [-0.15, -0.1) is 0 Å². The number of nitrogens with zero attached hydrogens (tertiary/aromatic N) is 1. The fourth-order valence-corrected chi connectivity index (χ4v) is 0.782. The molecule has 0 fully saturated rings. The van der Waals surface area contributed by atoms with Crippen molar-refractivity contribution in [1.29, 1.82) is 5.26 Å². The molecule has 13 heavy (non-hydrogen) atoms. The summed E-state index contributed by atoms with van der Waals surface area (Å²) in [6, 6.07) is 2.04. The Morgan fingerprint density at radius 3 is 2.46 bits per heavy atom. The zero-order valence-corrected chi connectivity index (χ0v) is 8.85. The van der Waals surface area contributed by atoms with E-state index in [1.165, 1.54) is 0 Å². The van der Waals surface area contributed by atoms with Gasteiger partial charge in [-0.1, -0.05) is 20.8 Å². The summed E-state index contributed by atoms with van der Waals surface area (Å²) in [6.07, 6.45) is 0.549. The van der Waals surface area contributed by atoms with Crippen LogP contribution >= 0.6 is 0 Å². The van der Waals surface area contributed by atoms with Crippen LogP contribution in [0.1, 0.15) is 34.1 Å². The van der Waals surface area contributed by atoms with E-state index in [1.54, 1.807) is 6.92 Å². The summed E-state index contributed by atoms with van der Waals surface area (Å²) in [5.41, 5.74) is -0.866. The number of nitrogens with one attached hydrogen (secondary N) is 1. The maximum atomic E-state index is 11.5. The maximum absolute atomic E-state index is 11.5. The minimum Gasteiger partial charge on any atom is -0.354 e. The first kappa shape index (κ1) is 12.0. The van der Waals surface area contributed by atoms with Gasteiger partial charge in [-0.3, -0.25) is 4.79 Å². The highest BCUT2D eigenvalue weighted by Gasteiger charge is 2.30. The Balaban J connectivity index is 4.18. The Bertz CT molecular complexity index is 217. The van der Waals surface area contributed by atoms with Gasteiger partial charge in [-0.05, 0) is 19.3 Å². The summed E-state index contributed by atoms with van der Waals surface area (Å²) in [4.78, 5) is 11.5. The SMILES string of the molecule is CCC(C)(C#N)C(=O)NCC(C)C. The molecule has 0 radical (unpaired) electrons. The lowest BCUT2D eigenvalue weighted by molar-refractivity contribution is -0.127. The third-order valence-corrected chi connectivity index (χ3v) is 2.13. The molecule has 0 saturated carbocycles. The van der Waals surface area contributed by atoms with Gasteiger partial charge < -0.3 is 5.32 Å². The van der Waals surface area contributed by atoms with Crippen LogP contribution in [-0.4, -0.2) is 12.5 Å². The predicted molar refractivity (Wildman–Crippen MR) is 51.9 cm³/mol. The summed E-state index contributed by atoms with van der Waals surface area (Å²) in [5.74, 6) is 0.259. The molecule has 3 heteroatoms. The van der Waals surface area contributed by atoms with E-state index in [0.717, 1.165) is 0 Å². The Kier molecular flexibility index (Phi) is 4.47. The molecule has 1 N–H and O–H groups in total. The molecule has 3 nitrogen and oxygen atoms in total. The van der Waals surface area contributed by atoms with Crippen molar-refractivity contribution >= 4 is 5.91 Å². The van der Waals surface area contributed by atoms with E-state index in [-0.39, 0.29) is 5.91 Å². The first-order chi connectivity index (χ1) is 5.96. The van der Waals surface area contributed by atoms with Crippen LogP contribution in [0.3, 0.4) is 0 Å². The smallest absolute Gasteiger partial charge is 0.240 e. The number of hydrogen-bond donors (Lipinski definition) is 1. The van der Waals surface area contributed by atoms with Gasteiger partial charge in [0, 0.05) is 6.54 Å². The van der Waals surface area contributed by atoms with Gasteiger partial charge >= 0.3 is 0 Å². The van der Waals surface area contributed by atoms with Crippen LogP contribution in [0.15, 0.2) is 0 Å². The van der Waals surface area contributed by atoms with Crippen LogP contribution in [0.2, 0.25) is 0 Å². The van der Waals surface area contributed by atoms with Crippen molar-refractivity contribution in [2.45, 2.75) is 34.1 Å². The molecule has 74 valence electrons. The van der Waals surface area contributed by atoms with E-state index in [2.05, 4.69) is 5.32 Å². The molecule has 0 rings (SSSR count). The minimum absolute atomic E-state index is 0.161. The molecule has 0 aromatic carbocycles. The Morgan fingerprint density at radius 2 is 2.15 bits per heavy atom. The zero-order valence-electron chi connectivity index (χ0n) is 8.85. The van der Waals surface area contributed by atoms with Crippen molar-refractivity contribution in [3.05, 3.63) is 0 Å². The van der Waals surface area contributed by atoms with Crippen molar-refractivity contribution in [1.82, 2.24) is 5.32 Å². The summed E-state index contributed by atoms with van der Waals surface area (Å²) in [7, 11) is 0. The highest BCUT2D eigenvalue weighted by molar-refractivity contribution is 5.84. The molecule has 0 aromatic heterocycles. The first-order valence-electron chi connectivity index (χ1n) is 4.65. The van der Waals surface area contributed by atoms with Crippen LogP contribution in [0.5, 0.6) is 0 Å². The molecule has 0 aliphatic rings. The first-order valence-corrected chi connectivity index (χ1v) is 4.65. The standard InChI is InChI=1S/C10H18N2O/c1-5-10(4,7-11)9(13)12-6-8(2)3/h8H,5-6H2,1-4H3,(H,12,13). The average Bonchev–Trinajstić information content (AvgIpc) is 2.12. The molecule has 0 spiro atoms. The predicted octanol–water partition coefficient (Wildman–Crippen LogP) is 1.70. The van der Waals surface area contributed by atoms with Gasteiger partial charge in [0.15, 0.2) is 0 Å².